The Kier molecular flexibility index (Phi) is 7.14. The number of fused-ring (bicyclic) bond motifs is 3. The lowest BCUT2D eigenvalue weighted by Crippen LogP contribution is -2.52. The van der Waals surface area contributed by atoms with Gasteiger partial charge in [-0.05, 0) is 84.8 Å². The summed E-state index contributed by atoms with van der Waals surface area (Å²) in [6.07, 6.45) is 11.7. The minimum Gasteiger partial charge on any atom is -0.323 e. The Balaban J connectivity index is 1.15. The Morgan fingerprint density at radius 1 is 0.791 bits per heavy atom. The van der Waals surface area contributed by atoms with Crippen LogP contribution in [0.5, 0.6) is 0 Å². The summed E-state index contributed by atoms with van der Waals surface area (Å²) in [6.45, 7) is 0.330. The predicted octanol–water partition coefficient (Wildman–Crippen LogP) is 8.99. The predicted molar refractivity (Wildman–Crippen MR) is 166 cm³/mol. The van der Waals surface area contributed by atoms with Gasteiger partial charge in [-0.3, -0.25) is 13.6 Å². The Bertz CT molecular complexity index is 1540. The molecule has 2 heterocycles. The van der Waals surface area contributed by atoms with Gasteiger partial charge in [-0.25, -0.2) is 9.55 Å². The highest BCUT2D eigenvalue weighted by molar-refractivity contribution is 7.48. The lowest BCUT2D eigenvalue weighted by Gasteiger charge is -2.59. The molecule has 0 N–H and O–H groups in total. The fourth-order valence-corrected chi connectivity index (χ4v) is 10.5. The molecule has 222 valence electrons. The lowest BCUT2D eigenvalue weighted by molar-refractivity contribution is -0.123. The van der Waals surface area contributed by atoms with Crippen molar-refractivity contribution < 1.29 is 18.1 Å². The number of imidazole rings is 1. The maximum Gasteiger partial charge on any atom is 0.475 e. The number of benzene rings is 3. The molecule has 0 amide bonds. The zero-order chi connectivity index (χ0) is 28.9. The topological polar surface area (TPSA) is 62.6 Å². The molecule has 5 aliphatic rings. The van der Waals surface area contributed by atoms with Crippen molar-refractivity contribution in [3.8, 4) is 11.3 Å². The number of hydrogen-bond acceptors (Lipinski definition) is 5. The second-order valence-electron chi connectivity index (χ2n) is 13.4. The first-order chi connectivity index (χ1) is 21.1. The molecular weight excluding hydrogens is 555 g/mol. The maximum atomic E-state index is 14.8. The van der Waals surface area contributed by atoms with E-state index in [2.05, 4.69) is 33.8 Å². The van der Waals surface area contributed by atoms with Gasteiger partial charge in [0, 0.05) is 5.56 Å². The van der Waals surface area contributed by atoms with E-state index < -0.39 is 7.82 Å². The van der Waals surface area contributed by atoms with E-state index in [9.17, 15) is 4.57 Å². The van der Waals surface area contributed by atoms with Gasteiger partial charge < -0.3 is 4.57 Å². The molecular formula is C36H39N2O4P. The van der Waals surface area contributed by atoms with Crippen molar-refractivity contribution in [1.82, 2.24) is 9.55 Å². The first-order valence-corrected chi connectivity index (χ1v) is 17.3. The zero-order valence-corrected chi connectivity index (χ0v) is 25.4. The van der Waals surface area contributed by atoms with Gasteiger partial charge in [-0.2, -0.15) is 0 Å². The number of phosphoric ester groups is 1. The second kappa shape index (κ2) is 11.2. The van der Waals surface area contributed by atoms with Gasteiger partial charge in [0.05, 0.1) is 43.6 Å². The van der Waals surface area contributed by atoms with Crippen molar-refractivity contribution in [3.05, 3.63) is 114 Å². The van der Waals surface area contributed by atoms with Crippen molar-refractivity contribution in [1.29, 1.82) is 0 Å². The molecule has 2 unspecified atom stereocenters. The fourth-order valence-electron chi connectivity index (χ4n) is 9.06. The van der Waals surface area contributed by atoms with E-state index >= 15 is 0 Å². The maximum absolute atomic E-state index is 14.8. The fraction of sp³-hybridized carbons (Fsp3) is 0.417. The van der Waals surface area contributed by atoms with Crippen LogP contribution in [0.25, 0.3) is 11.3 Å². The Labute approximate surface area is 254 Å². The molecule has 7 heteroatoms. The van der Waals surface area contributed by atoms with Crippen molar-refractivity contribution >= 4 is 7.82 Å². The van der Waals surface area contributed by atoms with E-state index in [-0.39, 0.29) is 30.8 Å². The molecule has 4 saturated carbocycles. The van der Waals surface area contributed by atoms with Gasteiger partial charge in [0.15, 0.2) is 0 Å². The van der Waals surface area contributed by atoms with Crippen LogP contribution in [0.15, 0.2) is 97.5 Å². The number of aromatic nitrogens is 2. The smallest absolute Gasteiger partial charge is 0.323 e. The van der Waals surface area contributed by atoms with Crippen LogP contribution in [0, 0.1) is 23.2 Å². The van der Waals surface area contributed by atoms with Crippen molar-refractivity contribution in [2.45, 2.75) is 70.3 Å². The van der Waals surface area contributed by atoms with Crippen LogP contribution in [0.4, 0.5) is 0 Å². The highest BCUT2D eigenvalue weighted by atomic mass is 31.2. The average Bonchev–Trinajstić information content (AvgIpc) is 3.62. The van der Waals surface area contributed by atoms with Crippen LogP contribution in [0.2, 0.25) is 0 Å². The van der Waals surface area contributed by atoms with E-state index in [4.69, 9.17) is 13.6 Å². The summed E-state index contributed by atoms with van der Waals surface area (Å²) in [5.74, 6) is 2.19. The summed E-state index contributed by atoms with van der Waals surface area (Å²) in [5.41, 5.74) is 5.48. The van der Waals surface area contributed by atoms with Gasteiger partial charge in [-0.1, -0.05) is 84.9 Å². The molecule has 0 saturated heterocycles. The molecule has 4 fully saturated rings. The van der Waals surface area contributed by atoms with E-state index in [1.54, 1.807) is 0 Å². The monoisotopic (exact) mass is 594 g/mol. The standard InChI is InChI=1S/C36H39N2O4P/c39-43(40-23-26-9-3-1-4-10-26,41-24-27-11-5-2-6-12-27)42-35(36-19-28-15-29(20-36)17-30(16-28)21-36)18-33-31-13-7-8-14-32(31)34-22-37-25-38(33)34/h1-14,22,25,28-30,33,35H,15-21,23-24H2. The largest absolute Gasteiger partial charge is 0.475 e. The second-order valence-corrected chi connectivity index (χ2v) is 15.0. The van der Waals surface area contributed by atoms with Crippen molar-refractivity contribution in [2.24, 2.45) is 23.2 Å². The van der Waals surface area contributed by atoms with Gasteiger partial charge in [0.2, 0.25) is 0 Å². The van der Waals surface area contributed by atoms with E-state index in [1.807, 2.05) is 73.2 Å². The number of hydrogen-bond donors (Lipinski definition) is 0. The van der Waals surface area contributed by atoms with Crippen LogP contribution in [0.3, 0.4) is 0 Å². The molecule has 2 atom stereocenters. The van der Waals surface area contributed by atoms with Gasteiger partial charge in [-0.15, -0.1) is 0 Å². The van der Waals surface area contributed by atoms with Gasteiger partial charge >= 0.3 is 7.82 Å². The van der Waals surface area contributed by atoms with E-state index in [1.165, 1.54) is 30.4 Å². The minimum atomic E-state index is -3.97. The first kappa shape index (κ1) is 27.5. The van der Waals surface area contributed by atoms with Gasteiger partial charge in [0.1, 0.15) is 0 Å². The molecule has 4 aromatic rings. The highest BCUT2D eigenvalue weighted by Gasteiger charge is 2.57. The van der Waals surface area contributed by atoms with Crippen LogP contribution in [-0.2, 0) is 31.4 Å². The molecule has 6 nitrogen and oxygen atoms in total. The van der Waals surface area contributed by atoms with Crippen LogP contribution < -0.4 is 0 Å². The summed E-state index contributed by atoms with van der Waals surface area (Å²) < 4.78 is 36.4. The number of rotatable bonds is 11. The molecule has 1 aromatic heterocycles. The van der Waals surface area contributed by atoms with Crippen molar-refractivity contribution in [3.63, 3.8) is 0 Å². The third-order valence-corrected chi connectivity index (χ3v) is 11.9. The summed E-state index contributed by atoms with van der Waals surface area (Å²) >= 11 is 0. The molecule has 9 rings (SSSR count). The van der Waals surface area contributed by atoms with E-state index in [0.29, 0.717) is 6.42 Å². The van der Waals surface area contributed by atoms with Crippen LogP contribution >= 0.6 is 7.82 Å². The van der Waals surface area contributed by atoms with Crippen molar-refractivity contribution in [2.75, 3.05) is 0 Å². The Morgan fingerprint density at radius 3 is 1.95 bits per heavy atom. The summed E-state index contributed by atoms with van der Waals surface area (Å²) in [5, 5.41) is 0. The normalized spacial score (nSPS) is 27.6. The third-order valence-electron chi connectivity index (χ3n) is 10.5. The number of nitrogens with zero attached hydrogens (tertiary/aromatic N) is 2. The summed E-state index contributed by atoms with van der Waals surface area (Å²) in [4.78, 5) is 4.51. The van der Waals surface area contributed by atoms with Crippen LogP contribution in [0.1, 0.15) is 67.7 Å². The quantitative estimate of drug-likeness (QED) is 0.162. The summed E-state index contributed by atoms with van der Waals surface area (Å²) in [7, 11) is -3.97. The average molecular weight is 595 g/mol. The molecule has 3 aromatic carbocycles. The molecule has 0 spiro atoms. The lowest BCUT2D eigenvalue weighted by atomic mass is 9.48. The molecule has 4 bridgehead atoms. The third kappa shape index (κ3) is 5.33. The van der Waals surface area contributed by atoms with Crippen LogP contribution in [-0.4, -0.2) is 15.7 Å². The molecule has 43 heavy (non-hydrogen) atoms. The Morgan fingerprint density at radius 2 is 1.35 bits per heavy atom. The summed E-state index contributed by atoms with van der Waals surface area (Å²) in [6, 6.07) is 28.4. The minimum absolute atomic E-state index is 0.0328. The number of phosphoric acid groups is 1. The molecule has 4 aliphatic carbocycles. The molecule has 0 radical (unpaired) electrons. The van der Waals surface area contributed by atoms with Gasteiger partial charge in [0.25, 0.3) is 0 Å². The highest BCUT2D eigenvalue weighted by Crippen LogP contribution is 2.66. The Hall–Kier alpha value is -3.02. The van der Waals surface area contributed by atoms with E-state index in [0.717, 1.165) is 53.8 Å². The zero-order valence-electron chi connectivity index (χ0n) is 24.5. The first-order valence-electron chi connectivity index (χ1n) is 15.8. The SMILES string of the molecule is O=P(OCc1ccccc1)(OCc1ccccc1)OC(CC1c2ccccc2-c2cncn21)C12CC3CC(CC(C3)C1)C2. The molecule has 1 aliphatic heterocycles.